The first-order valence-electron chi connectivity index (χ1n) is 62.4. The van der Waals surface area contributed by atoms with Gasteiger partial charge >= 0.3 is 0 Å². The molecule has 0 bridgehead atoms. The maximum absolute atomic E-state index is 5.93. The van der Waals surface area contributed by atoms with Gasteiger partial charge < -0.3 is 23.7 Å². The van der Waals surface area contributed by atoms with E-state index >= 15 is 0 Å². The molecule has 5 fully saturated rings. The second kappa shape index (κ2) is 74.0. The Labute approximate surface area is 915 Å². The van der Waals surface area contributed by atoms with Crippen molar-refractivity contribution in [3.63, 3.8) is 0 Å². The maximum atomic E-state index is 5.93. The van der Waals surface area contributed by atoms with Gasteiger partial charge in [-0.2, -0.15) is 0 Å². The van der Waals surface area contributed by atoms with Crippen molar-refractivity contribution in [2.45, 2.75) is 484 Å². The third-order valence-corrected chi connectivity index (χ3v) is 33.6. The summed E-state index contributed by atoms with van der Waals surface area (Å²) in [7, 11) is 0. The third-order valence-electron chi connectivity index (χ3n) is 33.6. The molecule has 0 unspecified atom stereocenters. The van der Waals surface area contributed by atoms with Crippen molar-refractivity contribution in [1.29, 1.82) is 0 Å². The number of aromatic nitrogens is 5. The quantitative estimate of drug-likeness (QED) is 0.0342. The summed E-state index contributed by atoms with van der Waals surface area (Å²) >= 11 is 0. The van der Waals surface area contributed by atoms with E-state index in [2.05, 4.69) is 282 Å². The number of rotatable bonds is 60. The zero-order valence-electron chi connectivity index (χ0n) is 96.2. The summed E-state index contributed by atoms with van der Waals surface area (Å²) in [5.74, 6) is 12.9. The SMILES string of the molecule is CCCCCCCCOc1ccc(-c2ccc([C@H]3CC[C@H](CCCCC)CC3)nc2)cc1.CCCCCCCOc1ccc(-c2ccc([C@H]3CC[C@H](CCCCC)CC3)nc2)cc1.CCCCCCOc1ccc(-c2ccc([C@H]3CC[C@H](CCCCC)CC3)nc2)cc1.CCCCCOc1ccc(-c2ccc([C@H]3CC[C@H](CCCCC)CC3)nc2)cc1.CCCCC[C@H]1CC[C@H](c2ccc(-c3ccc(OCCCC)cc3)cn2)CC1. The average molecular weight is 2040 g/mol. The number of unbranched alkanes of at least 4 members (excludes halogenated alkanes) is 25. The first-order valence-corrected chi connectivity index (χ1v) is 62.4. The molecule has 0 saturated heterocycles. The van der Waals surface area contributed by atoms with Gasteiger partial charge in [0.1, 0.15) is 28.7 Å². The molecular weight excluding hydrogens is 1830 g/mol. The second-order valence-electron chi connectivity index (χ2n) is 45.6. The first-order chi connectivity index (χ1) is 74.0. The van der Waals surface area contributed by atoms with Crippen molar-refractivity contribution in [2.24, 2.45) is 29.6 Å². The first kappa shape index (κ1) is 121. The lowest BCUT2D eigenvalue weighted by Gasteiger charge is -2.28. The summed E-state index contributed by atoms with van der Waals surface area (Å²) in [5.41, 5.74) is 18.5. The van der Waals surface area contributed by atoms with Crippen LogP contribution in [-0.2, 0) is 0 Å². The molecule has 10 heteroatoms. The van der Waals surface area contributed by atoms with Gasteiger partial charge in [-0.3, -0.25) is 24.9 Å². The third kappa shape index (κ3) is 45.5. The molecule has 10 nitrogen and oxygen atoms in total. The van der Waals surface area contributed by atoms with Crippen molar-refractivity contribution in [1.82, 2.24) is 24.9 Å². The van der Waals surface area contributed by atoms with Gasteiger partial charge in [0.15, 0.2) is 0 Å². The molecule has 150 heavy (non-hydrogen) atoms. The summed E-state index contributed by atoms with van der Waals surface area (Å²) in [6.45, 7) is 26.7. The van der Waals surface area contributed by atoms with E-state index in [4.69, 9.17) is 48.6 Å². The lowest BCUT2D eigenvalue weighted by Crippen LogP contribution is -2.14. The van der Waals surface area contributed by atoms with Crippen LogP contribution in [0.15, 0.2) is 213 Å². The van der Waals surface area contributed by atoms with E-state index in [1.54, 1.807) is 0 Å². The highest BCUT2D eigenvalue weighted by molar-refractivity contribution is 5.67. The highest BCUT2D eigenvalue weighted by Crippen LogP contribution is 2.45. The van der Waals surface area contributed by atoms with E-state index in [-0.39, 0.29) is 0 Å². The van der Waals surface area contributed by atoms with Gasteiger partial charge in [-0.25, -0.2) is 0 Å². The molecule has 0 radical (unpaired) electrons. The molecule has 5 aromatic carbocycles. The maximum Gasteiger partial charge on any atom is 0.119 e. The van der Waals surface area contributed by atoms with Crippen LogP contribution in [0.2, 0.25) is 0 Å². The van der Waals surface area contributed by atoms with Gasteiger partial charge in [-0.1, -0.05) is 385 Å². The van der Waals surface area contributed by atoms with Crippen molar-refractivity contribution in [2.75, 3.05) is 33.0 Å². The minimum Gasteiger partial charge on any atom is -0.494 e. The molecule has 5 aliphatic carbocycles. The van der Waals surface area contributed by atoms with Crippen molar-refractivity contribution in [3.8, 4) is 84.4 Å². The molecule has 0 aliphatic heterocycles. The Morgan fingerprint density at radius 1 is 0.153 bits per heavy atom. The van der Waals surface area contributed by atoms with Gasteiger partial charge in [-0.05, 0) is 309 Å². The highest BCUT2D eigenvalue weighted by atomic mass is 16.5. The summed E-state index contributed by atoms with van der Waals surface area (Å²) in [4.78, 5) is 24.2. The van der Waals surface area contributed by atoms with Crippen LogP contribution in [-0.4, -0.2) is 58.0 Å². The lowest BCUT2D eigenvalue weighted by molar-refractivity contribution is 0.300. The predicted octanol–water partition coefficient (Wildman–Crippen LogP) is 42.8. The number of hydrogen-bond donors (Lipinski definition) is 0. The van der Waals surface area contributed by atoms with Crippen LogP contribution in [0.5, 0.6) is 28.7 Å². The molecule has 0 amide bonds. The monoisotopic (exact) mass is 2040 g/mol. The van der Waals surface area contributed by atoms with Crippen LogP contribution in [0.3, 0.4) is 0 Å². The fraction of sp³-hybridized carbons (Fsp3) is 0.607. The van der Waals surface area contributed by atoms with Crippen molar-refractivity contribution >= 4 is 0 Å². The average Bonchev–Trinajstić information content (AvgIpc) is 0.845. The standard InChI is InChI=1S/C30H45NO.C29H43NO.C28H41NO.C27H39NO.C26H37NO/c1-3-5-7-8-9-11-23-32-29-20-17-26(18-21-29)28-19-22-30(31-24-28)27-15-13-25(14-16-27)12-10-6-4-2;1-3-5-7-8-10-22-31-28-19-16-25(17-20-28)27-18-21-29(30-23-27)26-14-12-24(13-15-26)11-9-6-4-2;1-3-5-7-9-21-30-27-18-15-24(16-19-27)26-17-20-28(29-22-26)25-13-11-23(12-14-25)10-8-6-4-2;1-3-5-7-9-22-10-12-24(13-11-22)27-19-16-25(21-28-27)23-14-17-26(18-15-23)29-20-8-6-4-2;1-3-5-7-8-21-9-11-23(12-10-21)26-18-15-24(20-27-26)22-13-16-25(17-14-22)28-19-6-4-2/h17-22,24-25,27H,3-16,23H2,1-2H3;16-21,23-24,26H,3-15,22H2,1-2H3;15-20,22-23,25H,3-14,21H2,1-2H3;14-19,21-22,24H,3-13,20H2,1-2H3;13-18,20-21,23H,3-12,19H2,1-2H3/t25-,27-;24-,26-;23-,25-;22-,24-;21-,23-. The summed E-state index contributed by atoms with van der Waals surface area (Å²) < 4.78 is 29.3. The van der Waals surface area contributed by atoms with Crippen LogP contribution < -0.4 is 23.7 Å². The zero-order chi connectivity index (χ0) is 105. The topological polar surface area (TPSA) is 111 Å². The smallest absolute Gasteiger partial charge is 0.119 e. The van der Waals surface area contributed by atoms with Gasteiger partial charge in [-0.15, -0.1) is 0 Å². The summed E-state index contributed by atoms with van der Waals surface area (Å²) in [5, 5.41) is 0. The van der Waals surface area contributed by atoms with E-state index in [0.717, 1.165) is 130 Å². The summed E-state index contributed by atoms with van der Waals surface area (Å²) in [6, 6.07) is 64.9. The molecule has 0 N–H and O–H groups in total. The van der Waals surface area contributed by atoms with Crippen molar-refractivity contribution < 1.29 is 23.7 Å². The Hall–Kier alpha value is -9.15. The van der Waals surface area contributed by atoms with E-state index < -0.39 is 0 Å². The molecule has 0 atom stereocenters. The number of nitrogens with zero attached hydrogens (tertiary/aromatic N) is 5. The molecule has 820 valence electrons. The van der Waals surface area contributed by atoms with E-state index in [1.807, 2.05) is 0 Å². The van der Waals surface area contributed by atoms with Crippen molar-refractivity contribution in [3.05, 3.63) is 241 Å². The Balaban J connectivity index is 0.000000178. The number of ether oxygens (including phenoxy) is 5. The Bertz CT molecular complexity index is 4970. The number of benzene rings is 5. The lowest BCUT2D eigenvalue weighted by atomic mass is 9.78. The molecule has 0 spiro atoms. The Kier molecular flexibility index (Phi) is 59.7. The van der Waals surface area contributed by atoms with E-state index in [0.29, 0.717) is 29.6 Å². The molecule has 5 heterocycles. The number of pyridine rings is 5. The Morgan fingerprint density at radius 3 is 0.480 bits per heavy atom. The molecule has 10 aromatic rings. The minimum absolute atomic E-state index is 0.657. The molecule has 5 saturated carbocycles. The van der Waals surface area contributed by atoms with Gasteiger partial charge in [0.25, 0.3) is 0 Å². The fourth-order valence-corrected chi connectivity index (χ4v) is 23.5. The van der Waals surface area contributed by atoms with Crippen LogP contribution >= 0.6 is 0 Å². The fourth-order valence-electron chi connectivity index (χ4n) is 23.5. The predicted molar refractivity (Wildman–Crippen MR) is 641 cm³/mol. The normalized spacial score (nSPS) is 19.0. The van der Waals surface area contributed by atoms with Gasteiger partial charge in [0.2, 0.25) is 0 Å². The van der Waals surface area contributed by atoms with E-state index in [1.165, 1.54) is 431 Å². The molecular formula is C140H205N5O5. The molecule has 5 aliphatic rings. The van der Waals surface area contributed by atoms with Crippen LogP contribution in [0.1, 0.15) is 513 Å². The van der Waals surface area contributed by atoms with Gasteiger partial charge in [0.05, 0.1) is 33.0 Å². The zero-order valence-corrected chi connectivity index (χ0v) is 96.2. The van der Waals surface area contributed by atoms with Crippen LogP contribution in [0.4, 0.5) is 0 Å². The second-order valence-corrected chi connectivity index (χ2v) is 45.6. The van der Waals surface area contributed by atoms with Crippen LogP contribution in [0.25, 0.3) is 55.6 Å². The van der Waals surface area contributed by atoms with E-state index in [9.17, 15) is 0 Å². The minimum atomic E-state index is 0.657. The highest BCUT2D eigenvalue weighted by Gasteiger charge is 2.29. The van der Waals surface area contributed by atoms with Crippen LogP contribution in [0, 0.1) is 29.6 Å². The molecule has 5 aromatic heterocycles. The molecule has 15 rings (SSSR count). The Morgan fingerprint density at radius 2 is 0.300 bits per heavy atom. The van der Waals surface area contributed by atoms with Gasteiger partial charge in [0, 0.05) is 117 Å². The largest absolute Gasteiger partial charge is 0.494 e. The number of hydrogen-bond acceptors (Lipinski definition) is 10. The summed E-state index contributed by atoms with van der Waals surface area (Å²) in [6.07, 6.45) is 90.2.